The summed E-state index contributed by atoms with van der Waals surface area (Å²) in [4.78, 5) is 26.9. The molecule has 2 atom stereocenters. The monoisotopic (exact) mass is 275 g/mol. The van der Waals surface area contributed by atoms with Gasteiger partial charge >= 0.3 is 0 Å². The Morgan fingerprint density at radius 2 is 2.05 bits per heavy atom. The van der Waals surface area contributed by atoms with E-state index in [0.717, 1.165) is 38.6 Å². The Bertz CT molecular complexity index is 476. The number of carbonyl (C=O) groups excluding carboxylic acids is 1. The highest BCUT2D eigenvalue weighted by Gasteiger charge is 2.30. The Morgan fingerprint density at radius 1 is 1.30 bits per heavy atom. The molecule has 3 rings (SSSR count). The predicted octanol–water partition coefficient (Wildman–Crippen LogP) is 0.382. The van der Waals surface area contributed by atoms with Gasteiger partial charge in [-0.05, 0) is 12.6 Å². The molecular weight excluding hydrogens is 254 g/mol. The zero-order valence-corrected chi connectivity index (χ0v) is 12.1. The van der Waals surface area contributed by atoms with E-state index in [2.05, 4.69) is 34.1 Å². The van der Waals surface area contributed by atoms with Gasteiger partial charge < -0.3 is 14.7 Å². The summed E-state index contributed by atoms with van der Waals surface area (Å²) in [6, 6.07) is 0. The first-order valence-electron chi connectivity index (χ1n) is 7.16. The number of fused-ring (bicyclic) bond motifs is 1. The van der Waals surface area contributed by atoms with Crippen LogP contribution in [-0.2, 0) is 4.79 Å². The lowest BCUT2D eigenvalue weighted by Gasteiger charge is -2.38. The largest absolute Gasteiger partial charge is 0.359 e. The van der Waals surface area contributed by atoms with Crippen LogP contribution in [-0.4, -0.2) is 72.2 Å². The fourth-order valence-corrected chi connectivity index (χ4v) is 2.92. The van der Waals surface area contributed by atoms with Gasteiger partial charge in [0, 0.05) is 52.3 Å². The molecule has 0 aliphatic carbocycles. The van der Waals surface area contributed by atoms with Crippen molar-refractivity contribution < 1.29 is 4.79 Å². The number of nitrogens with zero attached hydrogens (tertiary/aromatic N) is 5. The van der Waals surface area contributed by atoms with Crippen molar-refractivity contribution in [3.05, 3.63) is 12.3 Å². The van der Waals surface area contributed by atoms with Crippen LogP contribution in [0.25, 0.3) is 0 Å². The van der Waals surface area contributed by atoms with Crippen molar-refractivity contribution in [1.29, 1.82) is 0 Å². The lowest BCUT2D eigenvalue weighted by atomic mass is 9.99. The first kappa shape index (κ1) is 13.1. The van der Waals surface area contributed by atoms with Crippen molar-refractivity contribution in [2.45, 2.75) is 19.5 Å². The van der Waals surface area contributed by atoms with Gasteiger partial charge in [0.2, 0.25) is 11.9 Å². The Balaban J connectivity index is 1.68. The number of hydrogen-bond acceptors (Lipinski definition) is 5. The van der Waals surface area contributed by atoms with Crippen LogP contribution in [0, 0.1) is 5.92 Å². The van der Waals surface area contributed by atoms with E-state index in [1.807, 2.05) is 11.1 Å². The second-order valence-electron chi connectivity index (χ2n) is 5.56. The van der Waals surface area contributed by atoms with Gasteiger partial charge in [-0.25, -0.2) is 9.98 Å². The van der Waals surface area contributed by atoms with Crippen molar-refractivity contribution in [1.82, 2.24) is 14.7 Å². The van der Waals surface area contributed by atoms with E-state index >= 15 is 0 Å². The molecule has 0 radical (unpaired) electrons. The van der Waals surface area contributed by atoms with E-state index in [0.29, 0.717) is 5.92 Å². The minimum absolute atomic E-state index is 0.149. The van der Waals surface area contributed by atoms with Gasteiger partial charge in [0.25, 0.3) is 0 Å². The standard InChI is InChI=1S/C14H21N5O/c1-11(20)18-6-8-19(9-7-18)14-15-10-12-4-3-5-17(2)13(12)16-14/h3,5,10,12-13H,4,6-9H2,1-2H3. The molecule has 0 aromatic carbocycles. The van der Waals surface area contributed by atoms with Crippen molar-refractivity contribution in [2.75, 3.05) is 33.2 Å². The number of hydrogen-bond donors (Lipinski definition) is 0. The molecule has 3 aliphatic heterocycles. The summed E-state index contributed by atoms with van der Waals surface area (Å²) in [5.74, 6) is 1.35. The topological polar surface area (TPSA) is 51.5 Å². The second kappa shape index (κ2) is 5.26. The number of allylic oxidation sites excluding steroid dienone is 1. The van der Waals surface area contributed by atoms with E-state index in [1.54, 1.807) is 6.92 Å². The maximum Gasteiger partial charge on any atom is 0.222 e. The summed E-state index contributed by atoms with van der Waals surface area (Å²) < 4.78 is 0. The minimum Gasteiger partial charge on any atom is -0.359 e. The predicted molar refractivity (Wildman–Crippen MR) is 78.6 cm³/mol. The fraction of sp³-hybridized carbons (Fsp3) is 0.643. The number of amides is 1. The van der Waals surface area contributed by atoms with Gasteiger partial charge in [-0.3, -0.25) is 4.79 Å². The molecule has 108 valence electrons. The molecule has 0 saturated carbocycles. The van der Waals surface area contributed by atoms with Gasteiger partial charge in [-0.2, -0.15) is 0 Å². The summed E-state index contributed by atoms with van der Waals surface area (Å²) in [5, 5.41) is 0. The normalized spacial score (nSPS) is 29.3. The maximum absolute atomic E-state index is 11.3. The van der Waals surface area contributed by atoms with Crippen LogP contribution in [0.5, 0.6) is 0 Å². The molecular formula is C14H21N5O. The number of guanidine groups is 1. The van der Waals surface area contributed by atoms with E-state index in [1.165, 1.54) is 0 Å². The molecule has 1 saturated heterocycles. The summed E-state index contributed by atoms with van der Waals surface area (Å²) >= 11 is 0. The smallest absolute Gasteiger partial charge is 0.222 e. The lowest BCUT2D eigenvalue weighted by Crippen LogP contribution is -2.51. The Kier molecular flexibility index (Phi) is 3.46. The highest BCUT2D eigenvalue weighted by atomic mass is 16.2. The summed E-state index contributed by atoms with van der Waals surface area (Å²) in [6.45, 7) is 4.76. The van der Waals surface area contributed by atoms with E-state index < -0.39 is 0 Å². The molecule has 1 fully saturated rings. The minimum atomic E-state index is 0.149. The average Bonchev–Trinajstić information content (AvgIpc) is 2.47. The third-order valence-electron chi connectivity index (χ3n) is 4.19. The number of rotatable bonds is 0. The summed E-state index contributed by atoms with van der Waals surface area (Å²) in [6.07, 6.45) is 7.46. The molecule has 6 nitrogen and oxygen atoms in total. The zero-order chi connectivity index (χ0) is 14.1. The Hall–Kier alpha value is -1.85. The molecule has 0 bridgehead atoms. The quantitative estimate of drug-likeness (QED) is 0.642. The van der Waals surface area contributed by atoms with Gasteiger partial charge in [-0.1, -0.05) is 6.08 Å². The van der Waals surface area contributed by atoms with Gasteiger partial charge in [-0.15, -0.1) is 0 Å². The fourth-order valence-electron chi connectivity index (χ4n) is 2.92. The van der Waals surface area contributed by atoms with Crippen LogP contribution in [0.15, 0.2) is 22.3 Å². The van der Waals surface area contributed by atoms with Crippen molar-refractivity contribution in [2.24, 2.45) is 15.9 Å². The van der Waals surface area contributed by atoms with E-state index in [4.69, 9.17) is 4.99 Å². The van der Waals surface area contributed by atoms with Crippen LogP contribution in [0.4, 0.5) is 0 Å². The molecule has 0 aromatic heterocycles. The number of carbonyl (C=O) groups is 1. The Labute approximate surface area is 119 Å². The number of aliphatic imine (C=N–C) groups is 2. The van der Waals surface area contributed by atoms with Crippen LogP contribution in [0.1, 0.15) is 13.3 Å². The van der Waals surface area contributed by atoms with Crippen molar-refractivity contribution in [3.8, 4) is 0 Å². The molecule has 0 N–H and O–H groups in total. The summed E-state index contributed by atoms with van der Waals surface area (Å²) in [7, 11) is 2.06. The third-order valence-corrected chi connectivity index (χ3v) is 4.19. The molecule has 3 heterocycles. The molecule has 1 amide bonds. The highest BCUT2D eigenvalue weighted by molar-refractivity contribution is 5.91. The Morgan fingerprint density at radius 3 is 2.75 bits per heavy atom. The van der Waals surface area contributed by atoms with E-state index in [-0.39, 0.29) is 12.1 Å². The van der Waals surface area contributed by atoms with Crippen LogP contribution in [0.3, 0.4) is 0 Å². The second-order valence-corrected chi connectivity index (χ2v) is 5.56. The molecule has 20 heavy (non-hydrogen) atoms. The molecule has 3 aliphatic rings. The SMILES string of the molecule is CC(=O)N1CCN(C2=NC3C(C=N2)CC=CN3C)CC1. The van der Waals surface area contributed by atoms with Crippen molar-refractivity contribution >= 4 is 18.1 Å². The summed E-state index contributed by atoms with van der Waals surface area (Å²) in [5.41, 5.74) is 0. The van der Waals surface area contributed by atoms with Gasteiger partial charge in [0.05, 0.1) is 0 Å². The molecule has 6 heteroatoms. The van der Waals surface area contributed by atoms with Crippen LogP contribution in [0.2, 0.25) is 0 Å². The van der Waals surface area contributed by atoms with Gasteiger partial charge in [0.1, 0.15) is 6.17 Å². The maximum atomic E-state index is 11.3. The highest BCUT2D eigenvalue weighted by Crippen LogP contribution is 2.23. The molecule has 0 spiro atoms. The zero-order valence-electron chi connectivity index (χ0n) is 12.1. The molecule has 2 unspecified atom stereocenters. The molecule has 0 aromatic rings. The lowest BCUT2D eigenvalue weighted by molar-refractivity contribution is -0.130. The first-order chi connectivity index (χ1) is 9.65. The average molecular weight is 275 g/mol. The first-order valence-corrected chi connectivity index (χ1v) is 7.16. The van der Waals surface area contributed by atoms with Gasteiger partial charge in [0.15, 0.2) is 0 Å². The van der Waals surface area contributed by atoms with Crippen molar-refractivity contribution in [3.63, 3.8) is 0 Å². The van der Waals surface area contributed by atoms with Crippen LogP contribution >= 0.6 is 0 Å². The number of piperazine rings is 1. The van der Waals surface area contributed by atoms with E-state index in [9.17, 15) is 4.79 Å². The van der Waals surface area contributed by atoms with Crippen LogP contribution < -0.4 is 0 Å². The third kappa shape index (κ3) is 2.42.